The Bertz CT molecular complexity index is 471. The van der Waals surface area contributed by atoms with Crippen LogP contribution in [0.5, 0.6) is 0 Å². The first-order chi connectivity index (χ1) is 9.97. The number of nitrogens with zero attached hydrogens (tertiary/aromatic N) is 1. The second-order valence-electron chi connectivity index (χ2n) is 5.06. The van der Waals surface area contributed by atoms with Crippen LogP contribution in [0.3, 0.4) is 0 Å². The van der Waals surface area contributed by atoms with Crippen LogP contribution in [0.15, 0.2) is 24.3 Å². The second kappa shape index (κ2) is 8.42. The summed E-state index contributed by atoms with van der Waals surface area (Å²) < 4.78 is 0. The summed E-state index contributed by atoms with van der Waals surface area (Å²) in [5.41, 5.74) is 1.86. The van der Waals surface area contributed by atoms with Gasteiger partial charge in [0.2, 0.25) is 5.91 Å². The van der Waals surface area contributed by atoms with E-state index in [0.29, 0.717) is 19.6 Å². The molecule has 0 aliphatic rings. The summed E-state index contributed by atoms with van der Waals surface area (Å²) in [5, 5.41) is 11.8. The van der Waals surface area contributed by atoms with Gasteiger partial charge in [0.05, 0.1) is 12.5 Å². The van der Waals surface area contributed by atoms with Crippen molar-refractivity contribution in [3.05, 3.63) is 35.4 Å². The Hall–Kier alpha value is -1.88. The maximum Gasteiger partial charge on any atom is 0.310 e. The number of likely N-dealkylation sites (N-methyl/N-ethyl adjacent to an activating group) is 2. The third kappa shape index (κ3) is 5.55. The molecule has 116 valence electrons. The zero-order chi connectivity index (χ0) is 15.8. The molecule has 2 N–H and O–H groups in total. The van der Waals surface area contributed by atoms with Crippen molar-refractivity contribution in [1.82, 2.24) is 10.2 Å². The van der Waals surface area contributed by atoms with Gasteiger partial charge in [-0.25, -0.2) is 0 Å². The lowest BCUT2D eigenvalue weighted by molar-refractivity contribution is -0.138. The minimum Gasteiger partial charge on any atom is -0.481 e. The first-order valence-electron chi connectivity index (χ1n) is 7.28. The quantitative estimate of drug-likeness (QED) is 0.767. The van der Waals surface area contributed by atoms with E-state index in [0.717, 1.165) is 17.7 Å². The molecule has 1 aromatic carbocycles. The highest BCUT2D eigenvalue weighted by molar-refractivity contribution is 5.78. The van der Waals surface area contributed by atoms with E-state index in [1.807, 2.05) is 43.0 Å². The third-order valence-corrected chi connectivity index (χ3v) is 3.44. The predicted molar refractivity (Wildman–Crippen MR) is 82.1 cm³/mol. The minimum absolute atomic E-state index is 0.0236. The standard InChI is InChI=1S/C16H24N2O3/c1-4-17-15(19)11-18(5-2)10-13-6-8-14(9-7-13)12(3)16(20)21/h6-9,12H,4-5,10-11H2,1-3H3,(H,17,19)(H,20,21). The number of hydrogen-bond donors (Lipinski definition) is 2. The van der Waals surface area contributed by atoms with E-state index in [-0.39, 0.29) is 5.91 Å². The Balaban J connectivity index is 2.64. The molecule has 0 saturated heterocycles. The topological polar surface area (TPSA) is 69.6 Å². The Labute approximate surface area is 126 Å². The predicted octanol–water partition coefficient (Wildman–Crippen LogP) is 1.83. The highest BCUT2D eigenvalue weighted by atomic mass is 16.4. The summed E-state index contributed by atoms with van der Waals surface area (Å²) in [7, 11) is 0. The van der Waals surface area contributed by atoms with Crippen LogP contribution >= 0.6 is 0 Å². The molecule has 0 radical (unpaired) electrons. The average Bonchev–Trinajstić information content (AvgIpc) is 2.46. The van der Waals surface area contributed by atoms with Crippen molar-refractivity contribution in [3.8, 4) is 0 Å². The smallest absolute Gasteiger partial charge is 0.310 e. The molecule has 21 heavy (non-hydrogen) atoms. The van der Waals surface area contributed by atoms with Crippen LogP contribution in [0.2, 0.25) is 0 Å². The van der Waals surface area contributed by atoms with Crippen LogP contribution in [0.4, 0.5) is 0 Å². The van der Waals surface area contributed by atoms with E-state index in [2.05, 4.69) is 5.32 Å². The van der Waals surface area contributed by atoms with Gasteiger partial charge < -0.3 is 10.4 Å². The van der Waals surface area contributed by atoms with Crippen molar-refractivity contribution in [2.45, 2.75) is 33.2 Å². The molecule has 0 spiro atoms. The van der Waals surface area contributed by atoms with E-state index >= 15 is 0 Å². The Morgan fingerprint density at radius 3 is 2.33 bits per heavy atom. The summed E-state index contributed by atoms with van der Waals surface area (Å²) in [6.45, 7) is 8.05. The molecule has 0 heterocycles. The van der Waals surface area contributed by atoms with E-state index in [1.165, 1.54) is 0 Å². The van der Waals surface area contributed by atoms with E-state index in [4.69, 9.17) is 5.11 Å². The van der Waals surface area contributed by atoms with Gasteiger partial charge in [-0.2, -0.15) is 0 Å². The van der Waals surface area contributed by atoms with Crippen molar-refractivity contribution >= 4 is 11.9 Å². The van der Waals surface area contributed by atoms with E-state index in [9.17, 15) is 9.59 Å². The number of nitrogens with one attached hydrogen (secondary N) is 1. The van der Waals surface area contributed by atoms with Crippen molar-refractivity contribution in [3.63, 3.8) is 0 Å². The van der Waals surface area contributed by atoms with Crippen LogP contribution in [0.25, 0.3) is 0 Å². The molecule has 0 bridgehead atoms. The number of hydrogen-bond acceptors (Lipinski definition) is 3. The number of carboxylic acids is 1. The molecule has 0 fully saturated rings. The monoisotopic (exact) mass is 292 g/mol. The number of aliphatic carboxylic acids is 1. The molecule has 1 rings (SSSR count). The normalized spacial score (nSPS) is 12.2. The molecule has 0 aliphatic carbocycles. The number of rotatable bonds is 8. The maximum absolute atomic E-state index is 11.6. The van der Waals surface area contributed by atoms with Crippen molar-refractivity contribution in [2.24, 2.45) is 0 Å². The molecule has 0 aliphatic heterocycles. The van der Waals surface area contributed by atoms with Crippen LogP contribution in [-0.4, -0.2) is 41.5 Å². The lowest BCUT2D eigenvalue weighted by Gasteiger charge is -2.20. The summed E-state index contributed by atoms with van der Waals surface area (Å²) in [5.74, 6) is -1.30. The average molecular weight is 292 g/mol. The fourth-order valence-electron chi connectivity index (χ4n) is 2.05. The van der Waals surface area contributed by atoms with Gasteiger partial charge in [0.1, 0.15) is 0 Å². The molecule has 1 unspecified atom stereocenters. The van der Waals surface area contributed by atoms with Gasteiger partial charge in [-0.05, 0) is 31.5 Å². The molecule has 0 saturated carbocycles. The lowest BCUT2D eigenvalue weighted by Crippen LogP contribution is -2.36. The molecular weight excluding hydrogens is 268 g/mol. The Morgan fingerprint density at radius 2 is 1.86 bits per heavy atom. The van der Waals surface area contributed by atoms with E-state index in [1.54, 1.807) is 6.92 Å². The molecule has 1 amide bonds. The van der Waals surface area contributed by atoms with Gasteiger partial charge in [0, 0.05) is 13.1 Å². The summed E-state index contributed by atoms with van der Waals surface area (Å²) >= 11 is 0. The van der Waals surface area contributed by atoms with Gasteiger partial charge in [-0.1, -0.05) is 31.2 Å². The summed E-state index contributed by atoms with van der Waals surface area (Å²) in [6, 6.07) is 7.53. The number of carboxylic acid groups (broad SMARTS) is 1. The van der Waals surface area contributed by atoms with Gasteiger partial charge >= 0.3 is 5.97 Å². The summed E-state index contributed by atoms with van der Waals surface area (Å²) in [6.07, 6.45) is 0. The van der Waals surface area contributed by atoms with Crippen molar-refractivity contribution in [2.75, 3.05) is 19.6 Å². The number of benzene rings is 1. The fraction of sp³-hybridized carbons (Fsp3) is 0.500. The fourth-order valence-corrected chi connectivity index (χ4v) is 2.05. The van der Waals surface area contributed by atoms with Crippen molar-refractivity contribution in [1.29, 1.82) is 0 Å². The number of carbonyl (C=O) groups is 2. The lowest BCUT2D eigenvalue weighted by atomic mass is 10.00. The van der Waals surface area contributed by atoms with Gasteiger partial charge in [-0.15, -0.1) is 0 Å². The highest BCUT2D eigenvalue weighted by Gasteiger charge is 2.14. The second-order valence-corrected chi connectivity index (χ2v) is 5.06. The molecule has 1 atom stereocenters. The first-order valence-corrected chi connectivity index (χ1v) is 7.28. The molecule has 5 nitrogen and oxygen atoms in total. The van der Waals surface area contributed by atoms with Crippen LogP contribution in [0.1, 0.15) is 37.8 Å². The SMILES string of the molecule is CCNC(=O)CN(CC)Cc1ccc(C(C)C(=O)O)cc1. The van der Waals surface area contributed by atoms with Gasteiger partial charge in [0.15, 0.2) is 0 Å². The van der Waals surface area contributed by atoms with Crippen LogP contribution < -0.4 is 5.32 Å². The molecular formula is C16H24N2O3. The minimum atomic E-state index is -0.825. The zero-order valence-corrected chi connectivity index (χ0v) is 12.9. The van der Waals surface area contributed by atoms with Crippen LogP contribution in [-0.2, 0) is 16.1 Å². The third-order valence-electron chi connectivity index (χ3n) is 3.44. The van der Waals surface area contributed by atoms with Crippen molar-refractivity contribution < 1.29 is 14.7 Å². The first kappa shape index (κ1) is 17.2. The highest BCUT2D eigenvalue weighted by Crippen LogP contribution is 2.16. The Morgan fingerprint density at radius 1 is 1.24 bits per heavy atom. The molecule has 0 aromatic heterocycles. The molecule has 5 heteroatoms. The van der Waals surface area contributed by atoms with Gasteiger partial charge in [-0.3, -0.25) is 14.5 Å². The largest absolute Gasteiger partial charge is 0.481 e. The zero-order valence-electron chi connectivity index (χ0n) is 12.9. The molecule has 1 aromatic rings. The Kier molecular flexibility index (Phi) is 6.88. The van der Waals surface area contributed by atoms with Crippen LogP contribution in [0, 0.1) is 0 Å². The summed E-state index contributed by atoms with van der Waals surface area (Å²) in [4.78, 5) is 24.6. The number of amides is 1. The van der Waals surface area contributed by atoms with E-state index < -0.39 is 11.9 Å². The van der Waals surface area contributed by atoms with Gasteiger partial charge in [0.25, 0.3) is 0 Å². The maximum atomic E-state index is 11.6. The number of carbonyl (C=O) groups excluding carboxylic acids is 1.